The van der Waals surface area contributed by atoms with E-state index in [-0.39, 0.29) is 16.9 Å². The van der Waals surface area contributed by atoms with Crippen LogP contribution in [0.4, 0.5) is 5.69 Å². The van der Waals surface area contributed by atoms with E-state index in [2.05, 4.69) is 25.9 Å². The third-order valence-corrected chi connectivity index (χ3v) is 2.95. The van der Waals surface area contributed by atoms with Crippen LogP contribution >= 0.6 is 27.5 Å². The molecule has 0 bridgehead atoms. The maximum Gasteiger partial charge on any atom is 0.319 e. The van der Waals surface area contributed by atoms with Crippen LogP contribution in [0.5, 0.6) is 17.6 Å². The van der Waals surface area contributed by atoms with Crippen molar-refractivity contribution in [1.82, 2.24) is 9.97 Å². The van der Waals surface area contributed by atoms with Gasteiger partial charge in [0.05, 0.1) is 17.8 Å². The van der Waals surface area contributed by atoms with Gasteiger partial charge in [0.1, 0.15) is 10.8 Å². The summed E-state index contributed by atoms with van der Waals surface area (Å²) in [6.45, 7) is 0. The zero-order valence-electron chi connectivity index (χ0n) is 9.35. The van der Waals surface area contributed by atoms with E-state index < -0.39 is 0 Å². The highest BCUT2D eigenvalue weighted by Gasteiger charge is 2.10. The maximum absolute atomic E-state index is 5.94. The molecule has 2 rings (SSSR count). The highest BCUT2D eigenvalue weighted by atomic mass is 79.9. The first-order valence-electron chi connectivity index (χ1n) is 4.89. The SMILES string of the molecule is COc1ncc(Cl)c(Oc2cc(N)ccc2Br)n1. The lowest BCUT2D eigenvalue weighted by Crippen LogP contribution is -1.96. The Hall–Kier alpha value is -1.53. The van der Waals surface area contributed by atoms with E-state index in [0.29, 0.717) is 11.4 Å². The van der Waals surface area contributed by atoms with Crippen LogP contribution in [-0.4, -0.2) is 17.1 Å². The summed E-state index contributed by atoms with van der Waals surface area (Å²) in [6.07, 6.45) is 1.41. The predicted octanol–water partition coefficient (Wildman–Crippen LogP) is 3.28. The van der Waals surface area contributed by atoms with Gasteiger partial charge in [0.15, 0.2) is 0 Å². The second-order valence-electron chi connectivity index (χ2n) is 3.30. The minimum absolute atomic E-state index is 0.175. The van der Waals surface area contributed by atoms with Gasteiger partial charge >= 0.3 is 6.01 Å². The summed E-state index contributed by atoms with van der Waals surface area (Å²) in [6, 6.07) is 5.36. The number of rotatable bonds is 3. The van der Waals surface area contributed by atoms with Crippen LogP contribution in [0, 0.1) is 0 Å². The molecule has 0 radical (unpaired) electrons. The molecule has 0 aliphatic carbocycles. The second-order valence-corrected chi connectivity index (χ2v) is 4.56. The van der Waals surface area contributed by atoms with E-state index in [1.54, 1.807) is 18.2 Å². The molecule has 0 aliphatic rings. The number of methoxy groups -OCH3 is 1. The summed E-state index contributed by atoms with van der Waals surface area (Å²) in [5, 5.41) is 0.283. The van der Waals surface area contributed by atoms with Crippen molar-refractivity contribution in [3.05, 3.63) is 33.9 Å². The van der Waals surface area contributed by atoms with Gasteiger partial charge in [0.25, 0.3) is 0 Å². The second kappa shape index (κ2) is 5.41. The number of benzene rings is 1. The fraction of sp³-hybridized carbons (Fsp3) is 0.0909. The van der Waals surface area contributed by atoms with Gasteiger partial charge in [-0.05, 0) is 28.1 Å². The van der Waals surface area contributed by atoms with Crippen molar-refractivity contribution in [3.8, 4) is 17.6 Å². The lowest BCUT2D eigenvalue weighted by molar-refractivity contribution is 0.366. The van der Waals surface area contributed by atoms with Crippen LogP contribution in [0.25, 0.3) is 0 Å². The molecular formula is C11H9BrClN3O2. The number of hydrogen-bond acceptors (Lipinski definition) is 5. The third kappa shape index (κ3) is 2.83. The normalized spacial score (nSPS) is 10.2. The smallest absolute Gasteiger partial charge is 0.319 e. The summed E-state index contributed by atoms with van der Waals surface area (Å²) in [5.41, 5.74) is 6.26. The van der Waals surface area contributed by atoms with E-state index in [1.165, 1.54) is 13.3 Å². The molecule has 0 saturated carbocycles. The molecule has 5 nitrogen and oxygen atoms in total. The number of halogens is 2. The lowest BCUT2D eigenvalue weighted by atomic mass is 10.3. The number of ether oxygens (including phenoxy) is 2. The first-order valence-corrected chi connectivity index (χ1v) is 6.06. The number of aromatic nitrogens is 2. The van der Waals surface area contributed by atoms with E-state index in [4.69, 9.17) is 26.8 Å². The largest absolute Gasteiger partial charge is 0.467 e. The minimum Gasteiger partial charge on any atom is -0.467 e. The molecule has 0 amide bonds. The zero-order chi connectivity index (χ0) is 13.1. The first-order chi connectivity index (χ1) is 8.60. The van der Waals surface area contributed by atoms with E-state index in [1.807, 2.05) is 0 Å². The van der Waals surface area contributed by atoms with Crippen LogP contribution in [-0.2, 0) is 0 Å². The Morgan fingerprint density at radius 1 is 1.39 bits per heavy atom. The molecule has 0 saturated heterocycles. The monoisotopic (exact) mass is 329 g/mol. The van der Waals surface area contributed by atoms with Gasteiger partial charge in [0, 0.05) is 11.8 Å². The van der Waals surface area contributed by atoms with Gasteiger partial charge in [-0.15, -0.1) is 0 Å². The summed E-state index contributed by atoms with van der Waals surface area (Å²) in [5.74, 6) is 0.715. The Morgan fingerprint density at radius 3 is 2.89 bits per heavy atom. The molecule has 18 heavy (non-hydrogen) atoms. The van der Waals surface area contributed by atoms with Crippen molar-refractivity contribution in [3.63, 3.8) is 0 Å². The molecule has 2 aromatic rings. The van der Waals surface area contributed by atoms with Gasteiger partial charge in [-0.1, -0.05) is 11.6 Å². The van der Waals surface area contributed by atoms with Crippen molar-refractivity contribution in [2.75, 3.05) is 12.8 Å². The molecule has 1 heterocycles. The number of nitrogens with zero attached hydrogens (tertiary/aromatic N) is 2. The summed E-state index contributed by atoms with van der Waals surface area (Å²) >= 11 is 9.29. The van der Waals surface area contributed by atoms with Gasteiger partial charge in [0.2, 0.25) is 5.88 Å². The molecule has 0 spiro atoms. The molecule has 7 heteroatoms. The average molecular weight is 331 g/mol. The molecular weight excluding hydrogens is 321 g/mol. The Kier molecular flexibility index (Phi) is 3.88. The Labute approximate surface area is 117 Å². The van der Waals surface area contributed by atoms with E-state index in [9.17, 15) is 0 Å². The minimum atomic E-state index is 0.175. The van der Waals surface area contributed by atoms with Gasteiger partial charge in [-0.25, -0.2) is 4.98 Å². The zero-order valence-corrected chi connectivity index (χ0v) is 11.7. The number of nitrogen functional groups attached to an aromatic ring is 1. The molecule has 94 valence electrons. The fourth-order valence-electron chi connectivity index (χ4n) is 1.21. The quantitative estimate of drug-likeness (QED) is 0.875. The van der Waals surface area contributed by atoms with Crippen molar-refractivity contribution < 1.29 is 9.47 Å². The van der Waals surface area contributed by atoms with Crippen molar-refractivity contribution >= 4 is 33.2 Å². The Morgan fingerprint density at radius 2 is 2.17 bits per heavy atom. The Balaban J connectivity index is 2.36. The predicted molar refractivity (Wildman–Crippen MR) is 72.2 cm³/mol. The molecule has 0 aliphatic heterocycles. The van der Waals surface area contributed by atoms with Gasteiger partial charge in [-0.2, -0.15) is 4.98 Å². The standard InChI is InChI=1S/C11H9BrClN3O2/c1-17-11-15-5-8(13)10(16-11)18-9-4-6(14)2-3-7(9)12/h2-5H,14H2,1H3. The highest BCUT2D eigenvalue weighted by molar-refractivity contribution is 9.10. The van der Waals surface area contributed by atoms with Gasteiger partial charge in [-0.3, -0.25) is 0 Å². The molecule has 0 unspecified atom stereocenters. The molecule has 2 N–H and O–H groups in total. The summed E-state index contributed by atoms with van der Waals surface area (Å²) in [4.78, 5) is 7.87. The van der Waals surface area contributed by atoms with Crippen LogP contribution in [0.2, 0.25) is 5.02 Å². The fourth-order valence-corrected chi connectivity index (χ4v) is 1.67. The lowest BCUT2D eigenvalue weighted by Gasteiger charge is -2.09. The molecule has 0 atom stereocenters. The number of anilines is 1. The van der Waals surface area contributed by atoms with Crippen molar-refractivity contribution in [2.24, 2.45) is 0 Å². The van der Waals surface area contributed by atoms with Crippen LogP contribution in [0.1, 0.15) is 0 Å². The highest BCUT2D eigenvalue weighted by Crippen LogP contribution is 2.33. The molecule has 1 aromatic heterocycles. The van der Waals surface area contributed by atoms with Crippen LogP contribution < -0.4 is 15.2 Å². The summed E-state index contributed by atoms with van der Waals surface area (Å²) in [7, 11) is 1.46. The van der Waals surface area contributed by atoms with E-state index >= 15 is 0 Å². The first kappa shape index (κ1) is 12.9. The number of nitrogens with two attached hydrogens (primary N) is 1. The van der Waals surface area contributed by atoms with Crippen molar-refractivity contribution in [1.29, 1.82) is 0 Å². The topological polar surface area (TPSA) is 70.3 Å². The maximum atomic E-state index is 5.94. The van der Waals surface area contributed by atoms with Crippen LogP contribution in [0.15, 0.2) is 28.9 Å². The third-order valence-electron chi connectivity index (χ3n) is 2.03. The molecule has 0 fully saturated rings. The van der Waals surface area contributed by atoms with Crippen molar-refractivity contribution in [2.45, 2.75) is 0 Å². The Bertz CT molecular complexity index is 580. The average Bonchev–Trinajstić information content (AvgIpc) is 2.36. The molecule has 1 aromatic carbocycles. The summed E-state index contributed by atoms with van der Waals surface area (Å²) < 4.78 is 11.2. The van der Waals surface area contributed by atoms with Gasteiger partial charge < -0.3 is 15.2 Å². The number of hydrogen-bond donors (Lipinski definition) is 1. The van der Waals surface area contributed by atoms with Crippen LogP contribution in [0.3, 0.4) is 0 Å². The van der Waals surface area contributed by atoms with E-state index in [0.717, 1.165) is 4.47 Å².